The minimum atomic E-state index is -1.07. The van der Waals surface area contributed by atoms with Crippen LogP contribution >= 0.6 is 12.2 Å². The molecule has 0 amide bonds. The molecule has 0 rings (SSSR count). The molecule has 0 unspecified atom stereocenters. The fourth-order valence-electron chi connectivity index (χ4n) is 0.177. The molecule has 0 bridgehead atoms. The molecule has 1 N–H and O–H groups in total. The van der Waals surface area contributed by atoms with Crippen LogP contribution in [0.15, 0.2) is 0 Å². The van der Waals surface area contributed by atoms with E-state index in [1.807, 2.05) is 0 Å². The van der Waals surface area contributed by atoms with E-state index in [9.17, 15) is 0 Å². The third kappa shape index (κ3) is 6.11. The second-order valence-electron chi connectivity index (χ2n) is 2.51. The lowest BCUT2D eigenvalue weighted by molar-refractivity contribution is 1.40. The van der Waals surface area contributed by atoms with E-state index in [0.29, 0.717) is 0 Å². The predicted octanol–water partition coefficient (Wildman–Crippen LogP) is 1.37. The largest absolute Gasteiger partial charge is 0.408 e. The maximum atomic E-state index is 4.60. The molecular weight excluding hydrogens is 122 g/mol. The van der Waals surface area contributed by atoms with E-state index in [1.165, 1.54) is 0 Å². The summed E-state index contributed by atoms with van der Waals surface area (Å²) >= 11 is 4.60. The van der Waals surface area contributed by atoms with E-state index in [0.717, 1.165) is 0 Å². The minimum absolute atomic E-state index is 1.07. The molecule has 0 saturated carbocycles. The zero-order chi connectivity index (χ0) is 5.91. The molecule has 0 aliphatic heterocycles. The van der Waals surface area contributed by atoms with E-state index in [2.05, 4.69) is 36.8 Å². The minimum Gasteiger partial charge on any atom is -0.408 e. The van der Waals surface area contributed by atoms with Crippen molar-refractivity contribution in [2.45, 2.75) is 19.6 Å². The zero-order valence-corrected chi connectivity index (χ0v) is 6.80. The van der Waals surface area contributed by atoms with Gasteiger partial charge < -0.3 is 4.98 Å². The maximum absolute atomic E-state index is 4.60. The van der Waals surface area contributed by atoms with Gasteiger partial charge in [-0.1, -0.05) is 31.9 Å². The van der Waals surface area contributed by atoms with E-state index < -0.39 is 8.24 Å². The molecule has 7 heavy (non-hydrogen) atoms. The van der Waals surface area contributed by atoms with Gasteiger partial charge in [-0.05, 0) is 0 Å². The van der Waals surface area contributed by atoms with E-state index in [-0.39, 0.29) is 0 Å². The van der Waals surface area contributed by atoms with Crippen molar-refractivity contribution in [3.63, 3.8) is 0 Å². The lowest BCUT2D eigenvalue weighted by Gasteiger charge is -2.13. The molecule has 0 aromatic heterocycles. The number of hydrogen-bond donors (Lipinski definition) is 1. The van der Waals surface area contributed by atoms with Gasteiger partial charge in [0.15, 0.2) is 0 Å². The molecule has 1 nitrogen and oxygen atoms in total. The zero-order valence-electron chi connectivity index (χ0n) is 4.99. The predicted molar refractivity (Wildman–Crippen MR) is 40.1 cm³/mol. The van der Waals surface area contributed by atoms with Gasteiger partial charge in [0, 0.05) is 0 Å². The van der Waals surface area contributed by atoms with E-state index in [1.54, 1.807) is 5.49 Å². The molecular formula is C4H11NSSi. The highest BCUT2D eigenvalue weighted by Crippen LogP contribution is 1.90. The highest BCUT2D eigenvalue weighted by atomic mass is 32.1. The van der Waals surface area contributed by atoms with Crippen LogP contribution in [-0.4, -0.2) is 13.7 Å². The summed E-state index contributed by atoms with van der Waals surface area (Å²) in [6.07, 6.45) is 0. The Kier molecular flexibility index (Phi) is 2.46. The average molecular weight is 133 g/mol. The van der Waals surface area contributed by atoms with Gasteiger partial charge in [0.1, 0.15) is 8.24 Å². The molecule has 0 aliphatic rings. The Morgan fingerprint density at radius 2 is 1.86 bits per heavy atom. The SMILES string of the molecule is C[Si](C)(C)NC=S. The van der Waals surface area contributed by atoms with E-state index in [4.69, 9.17) is 0 Å². The molecule has 0 atom stereocenters. The van der Waals surface area contributed by atoms with Crippen LogP contribution in [0.2, 0.25) is 19.6 Å². The van der Waals surface area contributed by atoms with Gasteiger partial charge in [-0.3, -0.25) is 0 Å². The van der Waals surface area contributed by atoms with Crippen LogP contribution in [0.4, 0.5) is 0 Å². The fraction of sp³-hybridized carbons (Fsp3) is 0.750. The van der Waals surface area contributed by atoms with Gasteiger partial charge in [0.2, 0.25) is 0 Å². The Morgan fingerprint density at radius 1 is 1.43 bits per heavy atom. The Balaban J connectivity index is 3.34. The number of thiocarbonyl (C=S) groups is 1. The molecule has 3 heteroatoms. The lowest BCUT2D eigenvalue weighted by atomic mass is 11.6. The Bertz CT molecular complexity index is 66.6. The van der Waals surface area contributed by atoms with Crippen LogP contribution in [0.3, 0.4) is 0 Å². The maximum Gasteiger partial charge on any atom is 0.144 e. The molecule has 0 aromatic carbocycles. The first kappa shape index (κ1) is 7.11. The molecule has 0 radical (unpaired) electrons. The van der Waals surface area contributed by atoms with Gasteiger partial charge in [0.25, 0.3) is 0 Å². The number of hydrogen-bond acceptors (Lipinski definition) is 1. The smallest absolute Gasteiger partial charge is 0.144 e. The van der Waals surface area contributed by atoms with Crippen molar-refractivity contribution in [3.8, 4) is 0 Å². The Hall–Kier alpha value is 0.107. The number of nitrogens with one attached hydrogen (secondary N) is 1. The third-order valence-electron chi connectivity index (χ3n) is 0.492. The number of rotatable bonds is 2. The Labute approximate surface area is 51.2 Å². The first-order valence-electron chi connectivity index (χ1n) is 2.27. The molecule has 0 aromatic rings. The quantitative estimate of drug-likeness (QED) is 0.451. The first-order chi connectivity index (χ1) is 3.06. The van der Waals surface area contributed by atoms with Crippen LogP contribution in [0.25, 0.3) is 0 Å². The molecule has 42 valence electrons. The highest BCUT2D eigenvalue weighted by molar-refractivity contribution is 7.79. The van der Waals surface area contributed by atoms with Crippen LogP contribution in [0, 0.1) is 0 Å². The van der Waals surface area contributed by atoms with Crippen molar-refractivity contribution in [2.75, 3.05) is 0 Å². The van der Waals surface area contributed by atoms with Crippen molar-refractivity contribution in [2.24, 2.45) is 0 Å². The molecule has 0 heterocycles. The van der Waals surface area contributed by atoms with Crippen LogP contribution in [0.1, 0.15) is 0 Å². The summed E-state index contributed by atoms with van der Waals surface area (Å²) in [5, 5.41) is 0. The van der Waals surface area contributed by atoms with Crippen LogP contribution < -0.4 is 4.98 Å². The Morgan fingerprint density at radius 3 is 1.86 bits per heavy atom. The van der Waals surface area contributed by atoms with Gasteiger partial charge in [-0.15, -0.1) is 0 Å². The summed E-state index contributed by atoms with van der Waals surface area (Å²) in [6.45, 7) is 6.61. The van der Waals surface area contributed by atoms with Gasteiger partial charge >= 0.3 is 0 Å². The van der Waals surface area contributed by atoms with Crippen LogP contribution in [-0.2, 0) is 0 Å². The van der Waals surface area contributed by atoms with Crippen molar-refractivity contribution in [1.29, 1.82) is 0 Å². The topological polar surface area (TPSA) is 12.0 Å². The highest BCUT2D eigenvalue weighted by Gasteiger charge is 2.08. The van der Waals surface area contributed by atoms with Crippen molar-refractivity contribution >= 4 is 25.9 Å². The lowest BCUT2D eigenvalue weighted by Crippen LogP contribution is -2.39. The van der Waals surface area contributed by atoms with E-state index >= 15 is 0 Å². The third-order valence-corrected chi connectivity index (χ3v) is 1.83. The van der Waals surface area contributed by atoms with Crippen molar-refractivity contribution < 1.29 is 0 Å². The molecule has 0 fully saturated rings. The normalized spacial score (nSPS) is 10.7. The van der Waals surface area contributed by atoms with Gasteiger partial charge in [-0.25, -0.2) is 0 Å². The van der Waals surface area contributed by atoms with Gasteiger partial charge in [0.05, 0.1) is 5.49 Å². The fourth-order valence-corrected chi connectivity index (χ4v) is 1.59. The van der Waals surface area contributed by atoms with Crippen LogP contribution in [0.5, 0.6) is 0 Å². The molecule has 0 aliphatic carbocycles. The summed E-state index contributed by atoms with van der Waals surface area (Å²) in [5.74, 6) is 0. The standard InChI is InChI=1S/C4H11NSSi/c1-7(2,3)5-4-6/h4H,1-3H3,(H,5,6). The van der Waals surface area contributed by atoms with Crippen molar-refractivity contribution in [3.05, 3.63) is 0 Å². The molecule has 0 spiro atoms. The van der Waals surface area contributed by atoms with Crippen molar-refractivity contribution in [1.82, 2.24) is 4.98 Å². The van der Waals surface area contributed by atoms with Gasteiger partial charge in [-0.2, -0.15) is 0 Å². The second kappa shape index (κ2) is 2.42. The summed E-state index contributed by atoms with van der Waals surface area (Å²) in [7, 11) is -1.07. The summed E-state index contributed by atoms with van der Waals surface area (Å²) in [4.78, 5) is 3.11. The summed E-state index contributed by atoms with van der Waals surface area (Å²) in [6, 6.07) is 0. The summed E-state index contributed by atoms with van der Waals surface area (Å²) in [5.41, 5.74) is 1.60. The average Bonchev–Trinajstić information content (AvgIpc) is 1.30. The monoisotopic (exact) mass is 133 g/mol. The first-order valence-corrected chi connectivity index (χ1v) is 6.25. The summed E-state index contributed by atoms with van der Waals surface area (Å²) < 4.78 is 0. The second-order valence-corrected chi connectivity index (χ2v) is 7.54. The molecule has 0 saturated heterocycles.